The summed E-state index contributed by atoms with van der Waals surface area (Å²) in [6.07, 6.45) is 7.21. The third-order valence-electron chi connectivity index (χ3n) is 13.7. The summed E-state index contributed by atoms with van der Waals surface area (Å²) in [5.74, 6) is 0.400. The van der Waals surface area contributed by atoms with E-state index < -0.39 is 0 Å². The van der Waals surface area contributed by atoms with Gasteiger partial charge in [0.05, 0.1) is 5.69 Å². The van der Waals surface area contributed by atoms with Gasteiger partial charge in [-0.25, -0.2) is 0 Å². The van der Waals surface area contributed by atoms with E-state index in [0.717, 1.165) is 12.8 Å². The van der Waals surface area contributed by atoms with Crippen molar-refractivity contribution in [2.24, 2.45) is 0 Å². The number of benzene rings is 6. The second kappa shape index (κ2) is 13.1. The van der Waals surface area contributed by atoms with Gasteiger partial charge >= 0.3 is 0 Å². The molecule has 0 bridgehead atoms. The van der Waals surface area contributed by atoms with Crippen LogP contribution in [0.2, 0.25) is 0 Å². The zero-order valence-electron chi connectivity index (χ0n) is 34.3. The van der Waals surface area contributed by atoms with Crippen LogP contribution in [-0.4, -0.2) is 0 Å². The van der Waals surface area contributed by atoms with Gasteiger partial charge in [0.25, 0.3) is 0 Å². The van der Waals surface area contributed by atoms with Gasteiger partial charge in [-0.3, -0.25) is 0 Å². The monoisotopic (exact) mass is 719 g/mol. The molecule has 3 aliphatic rings. The predicted octanol–water partition coefficient (Wildman–Crippen LogP) is 15.1. The van der Waals surface area contributed by atoms with Gasteiger partial charge < -0.3 is 4.90 Å². The quantitative estimate of drug-likeness (QED) is 0.166. The van der Waals surface area contributed by atoms with Crippen molar-refractivity contribution >= 4 is 17.1 Å². The number of aryl methyl sites for hydroxylation is 1. The molecule has 3 aliphatic carbocycles. The first-order valence-electron chi connectivity index (χ1n) is 20.9. The standard InChI is InChI=1S/C54H57N/c1-35(2)41-28-24-38-18-12-13-19-42(38)51(41)45-33-44-43-20-14-15-21-46(43)54(7,8)48(44)34-50(45)55(39-25-22-37(23-26-39)36-16-10-9-11-17-36)40-27-29-47-49(32-40)53(5,6)31-30-52(47,3)4/h9-11,14-17,20-29,32-35H,12-13,18-19,30-31H2,1-8H3. The van der Waals surface area contributed by atoms with Crippen molar-refractivity contribution < 1.29 is 0 Å². The minimum absolute atomic E-state index is 0.0947. The van der Waals surface area contributed by atoms with Crippen LogP contribution < -0.4 is 4.90 Å². The Hall–Kier alpha value is -4.88. The van der Waals surface area contributed by atoms with E-state index in [-0.39, 0.29) is 16.2 Å². The van der Waals surface area contributed by atoms with Crippen LogP contribution in [-0.2, 0) is 29.1 Å². The Labute approximate surface area is 330 Å². The molecule has 1 nitrogen and oxygen atoms in total. The van der Waals surface area contributed by atoms with Crippen molar-refractivity contribution in [1.82, 2.24) is 0 Å². The van der Waals surface area contributed by atoms with Crippen LogP contribution in [0.25, 0.3) is 33.4 Å². The first kappa shape index (κ1) is 35.8. The first-order valence-corrected chi connectivity index (χ1v) is 20.9. The van der Waals surface area contributed by atoms with Gasteiger partial charge in [0.1, 0.15) is 0 Å². The summed E-state index contributed by atoms with van der Waals surface area (Å²) < 4.78 is 0. The van der Waals surface area contributed by atoms with Gasteiger partial charge in [-0.05, 0) is 158 Å². The molecule has 0 aliphatic heterocycles. The fraction of sp³-hybridized carbons (Fsp3) is 0.333. The highest BCUT2D eigenvalue weighted by Gasteiger charge is 2.40. The maximum Gasteiger partial charge on any atom is 0.0543 e. The van der Waals surface area contributed by atoms with E-state index in [4.69, 9.17) is 0 Å². The zero-order valence-corrected chi connectivity index (χ0v) is 34.3. The molecular weight excluding hydrogens is 663 g/mol. The molecule has 6 aromatic carbocycles. The molecule has 0 saturated heterocycles. The molecule has 0 saturated carbocycles. The average Bonchev–Trinajstić information content (AvgIpc) is 3.41. The van der Waals surface area contributed by atoms with Crippen LogP contribution in [0.1, 0.15) is 126 Å². The average molecular weight is 720 g/mol. The molecule has 0 N–H and O–H groups in total. The fourth-order valence-electron chi connectivity index (χ4n) is 10.3. The van der Waals surface area contributed by atoms with Crippen LogP contribution in [0.4, 0.5) is 17.1 Å². The molecule has 0 fully saturated rings. The number of hydrogen-bond donors (Lipinski definition) is 0. The van der Waals surface area contributed by atoms with Crippen LogP contribution in [0.5, 0.6) is 0 Å². The van der Waals surface area contributed by atoms with Gasteiger partial charge in [-0.15, -0.1) is 0 Å². The topological polar surface area (TPSA) is 3.24 Å². The number of nitrogens with zero attached hydrogens (tertiary/aromatic N) is 1. The number of anilines is 3. The molecule has 55 heavy (non-hydrogen) atoms. The van der Waals surface area contributed by atoms with Crippen LogP contribution >= 0.6 is 0 Å². The van der Waals surface area contributed by atoms with E-state index in [0.29, 0.717) is 5.92 Å². The molecule has 0 spiro atoms. The minimum atomic E-state index is -0.124. The fourth-order valence-corrected chi connectivity index (χ4v) is 10.3. The lowest BCUT2D eigenvalue weighted by Gasteiger charge is -2.42. The van der Waals surface area contributed by atoms with Gasteiger partial charge in [-0.2, -0.15) is 0 Å². The zero-order chi connectivity index (χ0) is 38.3. The molecule has 1 heteroatoms. The molecule has 0 aromatic heterocycles. The maximum atomic E-state index is 2.62. The van der Waals surface area contributed by atoms with E-state index in [2.05, 4.69) is 182 Å². The molecule has 0 heterocycles. The SMILES string of the molecule is CC(C)c1ccc2c(c1-c1cc3c(cc1N(c1ccc(-c4ccccc4)cc1)c1ccc4c(c1)C(C)(C)CCC4(C)C)C(C)(C)c1ccccc1-3)CCCC2. The van der Waals surface area contributed by atoms with Crippen LogP contribution in [0, 0.1) is 0 Å². The smallest absolute Gasteiger partial charge is 0.0543 e. The summed E-state index contributed by atoms with van der Waals surface area (Å²) in [5.41, 5.74) is 22.3. The third kappa shape index (κ3) is 5.89. The lowest BCUT2D eigenvalue weighted by Crippen LogP contribution is -2.34. The summed E-state index contributed by atoms with van der Waals surface area (Å²) >= 11 is 0. The van der Waals surface area contributed by atoms with Crippen molar-refractivity contribution in [1.29, 1.82) is 0 Å². The van der Waals surface area contributed by atoms with E-state index in [1.54, 1.807) is 5.56 Å². The summed E-state index contributed by atoms with van der Waals surface area (Å²) in [5, 5.41) is 0. The van der Waals surface area contributed by atoms with Crippen LogP contribution in [0.3, 0.4) is 0 Å². The highest BCUT2D eigenvalue weighted by molar-refractivity contribution is 5.96. The third-order valence-corrected chi connectivity index (χ3v) is 13.7. The number of hydrogen-bond acceptors (Lipinski definition) is 1. The molecular formula is C54H57N. The summed E-state index contributed by atoms with van der Waals surface area (Å²) in [6.45, 7) is 19.4. The Morgan fingerprint density at radius 2 is 1.16 bits per heavy atom. The molecule has 6 aromatic rings. The summed E-state index contributed by atoms with van der Waals surface area (Å²) in [4.78, 5) is 2.62. The van der Waals surface area contributed by atoms with Crippen LogP contribution in [0.15, 0.2) is 121 Å². The molecule has 9 rings (SSSR count). The van der Waals surface area contributed by atoms with Gasteiger partial charge in [0.2, 0.25) is 0 Å². The Balaban J connectivity index is 1.37. The normalized spacial score (nSPS) is 17.3. The number of fused-ring (bicyclic) bond motifs is 5. The Kier molecular flexibility index (Phi) is 8.54. The second-order valence-electron chi connectivity index (χ2n) is 18.9. The van der Waals surface area contributed by atoms with E-state index in [1.807, 2.05) is 0 Å². The van der Waals surface area contributed by atoms with E-state index in [1.165, 1.54) is 110 Å². The Morgan fingerprint density at radius 3 is 1.91 bits per heavy atom. The van der Waals surface area contributed by atoms with Crippen molar-refractivity contribution in [2.75, 3.05) is 4.90 Å². The minimum Gasteiger partial charge on any atom is -0.310 e. The Bertz CT molecular complexity index is 2420. The maximum absolute atomic E-state index is 2.62. The van der Waals surface area contributed by atoms with Crippen molar-refractivity contribution in [3.8, 4) is 33.4 Å². The molecule has 0 amide bonds. The molecule has 0 atom stereocenters. The number of rotatable bonds is 6. The van der Waals surface area contributed by atoms with Gasteiger partial charge in [0.15, 0.2) is 0 Å². The first-order chi connectivity index (χ1) is 26.3. The van der Waals surface area contributed by atoms with Gasteiger partial charge in [-0.1, -0.05) is 140 Å². The van der Waals surface area contributed by atoms with E-state index in [9.17, 15) is 0 Å². The Morgan fingerprint density at radius 1 is 0.509 bits per heavy atom. The highest BCUT2D eigenvalue weighted by Crippen LogP contribution is 2.56. The largest absolute Gasteiger partial charge is 0.310 e. The predicted molar refractivity (Wildman–Crippen MR) is 236 cm³/mol. The summed E-state index contributed by atoms with van der Waals surface area (Å²) in [7, 11) is 0. The summed E-state index contributed by atoms with van der Waals surface area (Å²) in [6, 6.07) is 46.8. The van der Waals surface area contributed by atoms with Gasteiger partial charge in [0, 0.05) is 22.4 Å². The lowest BCUT2D eigenvalue weighted by atomic mass is 9.63. The molecule has 278 valence electrons. The van der Waals surface area contributed by atoms with E-state index >= 15 is 0 Å². The highest BCUT2D eigenvalue weighted by atomic mass is 15.1. The second-order valence-corrected chi connectivity index (χ2v) is 18.9. The molecule has 0 radical (unpaired) electrons. The lowest BCUT2D eigenvalue weighted by molar-refractivity contribution is 0.332. The van der Waals surface area contributed by atoms with Crippen molar-refractivity contribution in [3.05, 3.63) is 160 Å². The molecule has 0 unspecified atom stereocenters. The van der Waals surface area contributed by atoms with Crippen molar-refractivity contribution in [3.63, 3.8) is 0 Å². The van der Waals surface area contributed by atoms with Crippen molar-refractivity contribution in [2.45, 2.75) is 116 Å².